The Morgan fingerprint density at radius 2 is 1.86 bits per heavy atom. The van der Waals surface area contributed by atoms with Crippen molar-refractivity contribution in [3.05, 3.63) is 101 Å². The van der Waals surface area contributed by atoms with Crippen molar-refractivity contribution in [2.75, 3.05) is 5.32 Å². The van der Waals surface area contributed by atoms with Gasteiger partial charge in [-0.25, -0.2) is 15.1 Å². The van der Waals surface area contributed by atoms with Gasteiger partial charge < -0.3 is 10.1 Å². The van der Waals surface area contributed by atoms with Crippen molar-refractivity contribution in [2.45, 2.75) is 19.8 Å². The molecule has 0 bridgehead atoms. The largest absolute Gasteiger partial charge is 0.455 e. The molecule has 0 aliphatic rings. The molecule has 2 aromatic carbocycles. The fraction of sp³-hybridized carbons (Fsp3) is 0.115. The summed E-state index contributed by atoms with van der Waals surface area (Å²) in [6.45, 7) is 1.95. The van der Waals surface area contributed by atoms with Gasteiger partial charge in [0, 0.05) is 40.7 Å². The van der Waals surface area contributed by atoms with Gasteiger partial charge in [-0.05, 0) is 71.8 Å². The highest BCUT2D eigenvalue weighted by atomic mass is 35.5. The molecular formula is C26H22ClN7O. The van der Waals surface area contributed by atoms with E-state index in [1.807, 2.05) is 67.6 Å². The number of hydrogen-bond acceptors (Lipinski definition) is 7. The van der Waals surface area contributed by atoms with Crippen LogP contribution in [0.5, 0.6) is 11.5 Å². The number of benzene rings is 2. The van der Waals surface area contributed by atoms with Crippen LogP contribution in [0.3, 0.4) is 0 Å². The minimum atomic E-state index is 0.650. The number of tetrazole rings is 1. The van der Waals surface area contributed by atoms with Gasteiger partial charge in [0.25, 0.3) is 0 Å². The fourth-order valence-corrected chi connectivity index (χ4v) is 3.74. The second-order valence-electron chi connectivity index (χ2n) is 7.96. The molecule has 0 spiro atoms. The first kappa shape index (κ1) is 22.5. The van der Waals surface area contributed by atoms with Crippen molar-refractivity contribution in [3.8, 4) is 22.8 Å². The second-order valence-corrected chi connectivity index (χ2v) is 8.39. The number of aryl methyl sites for hydroxylation is 3. The van der Waals surface area contributed by atoms with Gasteiger partial charge in [0.05, 0.1) is 0 Å². The SMILES string of the molecule is Cc1ccc(Oc2ccnc(Nc3cccc(CCc4nnn[nH]4)c3)c2)c(-c2ccc(Cl)cc2)n1. The van der Waals surface area contributed by atoms with Crippen molar-refractivity contribution >= 4 is 23.1 Å². The molecule has 0 aliphatic heterocycles. The predicted octanol–water partition coefficient (Wildman–Crippen LogP) is 5.94. The lowest BCUT2D eigenvalue weighted by atomic mass is 10.1. The predicted molar refractivity (Wildman–Crippen MR) is 135 cm³/mol. The summed E-state index contributed by atoms with van der Waals surface area (Å²) in [5.74, 6) is 2.74. The fourth-order valence-electron chi connectivity index (χ4n) is 3.61. The van der Waals surface area contributed by atoms with Gasteiger partial charge in [0.1, 0.15) is 23.1 Å². The molecule has 0 aliphatic carbocycles. The number of anilines is 2. The summed E-state index contributed by atoms with van der Waals surface area (Å²) in [7, 11) is 0. The zero-order valence-electron chi connectivity index (χ0n) is 18.9. The van der Waals surface area contributed by atoms with Crippen molar-refractivity contribution in [1.29, 1.82) is 0 Å². The van der Waals surface area contributed by atoms with Gasteiger partial charge in [-0.3, -0.25) is 0 Å². The maximum Gasteiger partial charge on any atom is 0.153 e. The van der Waals surface area contributed by atoms with Crippen molar-refractivity contribution < 1.29 is 4.74 Å². The molecule has 0 saturated carbocycles. The molecule has 0 fully saturated rings. The molecule has 35 heavy (non-hydrogen) atoms. The minimum absolute atomic E-state index is 0.650. The van der Waals surface area contributed by atoms with Crippen LogP contribution >= 0.6 is 11.6 Å². The van der Waals surface area contributed by atoms with Gasteiger partial charge in [-0.2, -0.15) is 0 Å². The van der Waals surface area contributed by atoms with Gasteiger partial charge in [0.15, 0.2) is 5.75 Å². The first-order valence-corrected chi connectivity index (χ1v) is 11.5. The molecule has 9 heteroatoms. The molecule has 5 aromatic rings. The highest BCUT2D eigenvalue weighted by Crippen LogP contribution is 2.33. The standard InChI is InChI=1S/C26H22ClN7O/c1-17-5-11-23(26(29-17)19-7-9-20(27)10-8-19)35-22-13-14-28-25(16-22)30-21-4-2-3-18(15-21)6-12-24-31-33-34-32-24/h2-5,7-11,13-16H,6,12H2,1H3,(H,28,30)(H,31,32,33,34). The Morgan fingerprint density at radius 1 is 0.971 bits per heavy atom. The van der Waals surface area contributed by atoms with Crippen LogP contribution in [0.1, 0.15) is 17.1 Å². The van der Waals surface area contributed by atoms with E-state index in [2.05, 4.69) is 43.1 Å². The first-order chi connectivity index (χ1) is 17.1. The summed E-state index contributed by atoms with van der Waals surface area (Å²) in [6.07, 6.45) is 3.26. The Hall–Kier alpha value is -4.30. The minimum Gasteiger partial charge on any atom is -0.455 e. The Kier molecular flexibility index (Phi) is 6.63. The van der Waals surface area contributed by atoms with Crippen molar-refractivity contribution in [2.24, 2.45) is 0 Å². The Bertz CT molecular complexity index is 1420. The number of aromatic amines is 1. The average Bonchev–Trinajstić information content (AvgIpc) is 3.39. The van der Waals surface area contributed by atoms with E-state index in [1.165, 1.54) is 0 Å². The highest BCUT2D eigenvalue weighted by Gasteiger charge is 2.11. The molecule has 0 radical (unpaired) electrons. The molecule has 174 valence electrons. The van der Waals surface area contributed by atoms with Gasteiger partial charge in [-0.15, -0.1) is 5.10 Å². The molecule has 2 N–H and O–H groups in total. The molecule has 0 saturated heterocycles. The summed E-state index contributed by atoms with van der Waals surface area (Å²) in [5, 5.41) is 18.0. The number of halogens is 1. The van der Waals surface area contributed by atoms with Crippen LogP contribution in [-0.4, -0.2) is 30.6 Å². The molecular weight excluding hydrogens is 462 g/mol. The van der Waals surface area contributed by atoms with Crippen molar-refractivity contribution in [3.63, 3.8) is 0 Å². The Labute approximate surface area is 207 Å². The summed E-state index contributed by atoms with van der Waals surface area (Å²) in [6, 6.07) is 23.2. The van der Waals surface area contributed by atoms with E-state index in [0.717, 1.165) is 46.9 Å². The molecule has 0 atom stereocenters. The lowest BCUT2D eigenvalue weighted by Gasteiger charge is -2.13. The van der Waals surface area contributed by atoms with E-state index in [-0.39, 0.29) is 0 Å². The van der Waals surface area contributed by atoms with E-state index < -0.39 is 0 Å². The number of H-pyrrole nitrogens is 1. The highest BCUT2D eigenvalue weighted by molar-refractivity contribution is 6.30. The Morgan fingerprint density at radius 3 is 2.69 bits per heavy atom. The number of rotatable bonds is 8. The third kappa shape index (κ3) is 5.80. The van der Waals surface area contributed by atoms with Crippen LogP contribution in [-0.2, 0) is 12.8 Å². The number of pyridine rings is 2. The summed E-state index contributed by atoms with van der Waals surface area (Å²) in [4.78, 5) is 9.14. The molecule has 3 heterocycles. The van der Waals surface area contributed by atoms with Crippen molar-refractivity contribution in [1.82, 2.24) is 30.6 Å². The lowest BCUT2D eigenvalue weighted by Crippen LogP contribution is -1.98. The lowest BCUT2D eigenvalue weighted by molar-refractivity contribution is 0.482. The molecule has 5 rings (SSSR count). The van der Waals surface area contributed by atoms with Crippen LogP contribution in [0.2, 0.25) is 5.02 Å². The topological polar surface area (TPSA) is 101 Å². The first-order valence-electron chi connectivity index (χ1n) is 11.1. The molecule has 3 aromatic heterocycles. The van der Waals surface area contributed by atoms with E-state index >= 15 is 0 Å². The zero-order valence-corrected chi connectivity index (χ0v) is 19.7. The summed E-state index contributed by atoms with van der Waals surface area (Å²) < 4.78 is 6.23. The van der Waals surface area contributed by atoms with Crippen LogP contribution in [0.25, 0.3) is 11.3 Å². The number of hydrogen-bond donors (Lipinski definition) is 2. The smallest absolute Gasteiger partial charge is 0.153 e. The maximum absolute atomic E-state index is 6.23. The number of aromatic nitrogens is 6. The maximum atomic E-state index is 6.23. The summed E-state index contributed by atoms with van der Waals surface area (Å²) >= 11 is 6.06. The normalized spacial score (nSPS) is 10.8. The molecule has 0 amide bonds. The number of nitrogens with zero attached hydrogens (tertiary/aromatic N) is 5. The van der Waals surface area contributed by atoms with E-state index in [0.29, 0.717) is 22.3 Å². The third-order valence-corrected chi connectivity index (χ3v) is 5.57. The van der Waals surface area contributed by atoms with E-state index in [4.69, 9.17) is 21.3 Å². The molecule has 8 nitrogen and oxygen atoms in total. The third-order valence-electron chi connectivity index (χ3n) is 5.31. The van der Waals surface area contributed by atoms with Gasteiger partial charge in [0.2, 0.25) is 0 Å². The van der Waals surface area contributed by atoms with Gasteiger partial charge in [-0.1, -0.05) is 35.9 Å². The monoisotopic (exact) mass is 483 g/mol. The average molecular weight is 484 g/mol. The second kappa shape index (κ2) is 10.3. The summed E-state index contributed by atoms with van der Waals surface area (Å²) in [5.41, 5.74) is 4.68. The van der Waals surface area contributed by atoms with E-state index in [9.17, 15) is 0 Å². The van der Waals surface area contributed by atoms with Crippen LogP contribution in [0.4, 0.5) is 11.5 Å². The molecule has 0 unspecified atom stereocenters. The Balaban J connectivity index is 1.32. The zero-order chi connectivity index (χ0) is 24.0. The number of nitrogens with one attached hydrogen (secondary N) is 2. The van der Waals surface area contributed by atoms with Crippen LogP contribution < -0.4 is 10.1 Å². The van der Waals surface area contributed by atoms with Crippen LogP contribution in [0, 0.1) is 6.92 Å². The number of ether oxygens (including phenoxy) is 1. The van der Waals surface area contributed by atoms with E-state index in [1.54, 1.807) is 6.20 Å². The van der Waals surface area contributed by atoms with Crippen LogP contribution in [0.15, 0.2) is 79.0 Å². The quantitative estimate of drug-likeness (QED) is 0.281. The van der Waals surface area contributed by atoms with Gasteiger partial charge >= 0.3 is 0 Å².